The summed E-state index contributed by atoms with van der Waals surface area (Å²) in [6, 6.07) is 20.6. The number of alkyl halides is 3. The van der Waals surface area contributed by atoms with Crippen molar-refractivity contribution < 1.29 is 36.2 Å². The van der Waals surface area contributed by atoms with Crippen molar-refractivity contribution in [3.63, 3.8) is 0 Å². The van der Waals surface area contributed by atoms with E-state index in [1.807, 2.05) is 0 Å². The van der Waals surface area contributed by atoms with Crippen molar-refractivity contribution in [2.24, 2.45) is 4.99 Å². The maximum absolute atomic E-state index is 13.4. The zero-order chi connectivity index (χ0) is 31.6. The van der Waals surface area contributed by atoms with E-state index in [-0.39, 0.29) is 44.0 Å². The van der Waals surface area contributed by atoms with E-state index in [9.17, 15) is 31.5 Å². The summed E-state index contributed by atoms with van der Waals surface area (Å²) >= 11 is 0. The number of ether oxygens (including phenoxy) is 2. The quantitative estimate of drug-likeness (QED) is 0.196. The van der Waals surface area contributed by atoms with Crippen molar-refractivity contribution in [3.8, 4) is 23.1 Å². The van der Waals surface area contributed by atoms with E-state index in [1.54, 1.807) is 36.4 Å². The highest BCUT2D eigenvalue weighted by atomic mass is 32.2. The molecule has 1 heterocycles. The van der Waals surface area contributed by atoms with Crippen molar-refractivity contribution in [2.75, 3.05) is 18.9 Å². The molecule has 1 aromatic heterocycles. The lowest BCUT2D eigenvalue weighted by Gasteiger charge is -2.15. The van der Waals surface area contributed by atoms with Gasteiger partial charge in [0.15, 0.2) is 0 Å². The molecule has 0 spiro atoms. The molecular weight excluding hydrogens is 599 g/mol. The first-order valence-electron chi connectivity index (χ1n) is 12.9. The molecule has 4 aromatic carbocycles. The summed E-state index contributed by atoms with van der Waals surface area (Å²) in [5.41, 5.74) is -1.70. The molecule has 0 radical (unpaired) electrons. The van der Waals surface area contributed by atoms with Crippen molar-refractivity contribution in [2.45, 2.75) is 11.1 Å². The summed E-state index contributed by atoms with van der Waals surface area (Å²) in [7, 11) is -1.37. The fourth-order valence-electron chi connectivity index (χ4n) is 4.55. The number of aromatic hydroxyl groups is 1. The van der Waals surface area contributed by atoms with Gasteiger partial charge >= 0.3 is 6.18 Å². The Labute approximate surface area is 249 Å². The molecule has 0 amide bonds. The third kappa shape index (κ3) is 5.81. The van der Waals surface area contributed by atoms with Gasteiger partial charge < -0.3 is 14.6 Å². The standard InChI is InChI=1S/C31H24F3N3O6S/c1-42-27-13-6-5-12-25(27)36-44(40,41)21-14-15-28(43-2)26(17-21)35-18-24-22-10-3-4-11-23(22)29(38)37(30(24)39)20-9-7-8-19(16-20)31(32,33)34/h3-18,36,39H,1-2H3. The van der Waals surface area contributed by atoms with E-state index in [0.717, 1.165) is 22.8 Å². The summed E-state index contributed by atoms with van der Waals surface area (Å²) in [4.78, 5) is 17.6. The zero-order valence-electron chi connectivity index (χ0n) is 23.2. The number of nitrogens with zero attached hydrogens (tertiary/aromatic N) is 2. The van der Waals surface area contributed by atoms with Gasteiger partial charge in [0.2, 0.25) is 5.88 Å². The van der Waals surface area contributed by atoms with Crippen LogP contribution < -0.4 is 19.8 Å². The van der Waals surface area contributed by atoms with E-state index in [1.165, 1.54) is 56.8 Å². The third-order valence-corrected chi connectivity index (χ3v) is 8.04. The van der Waals surface area contributed by atoms with Crippen molar-refractivity contribution >= 4 is 38.4 Å². The fourth-order valence-corrected chi connectivity index (χ4v) is 5.64. The number of hydrogen-bond donors (Lipinski definition) is 2. The smallest absolute Gasteiger partial charge is 0.416 e. The van der Waals surface area contributed by atoms with Gasteiger partial charge in [-0.05, 0) is 54.6 Å². The van der Waals surface area contributed by atoms with Crippen LogP contribution >= 0.6 is 0 Å². The molecule has 0 aliphatic carbocycles. The van der Waals surface area contributed by atoms with Gasteiger partial charge in [-0.2, -0.15) is 13.2 Å². The molecule has 13 heteroatoms. The van der Waals surface area contributed by atoms with Crippen LogP contribution in [0.1, 0.15) is 11.1 Å². The number of fused-ring (bicyclic) bond motifs is 1. The van der Waals surface area contributed by atoms with Crippen LogP contribution in [0.15, 0.2) is 106 Å². The molecule has 0 saturated heterocycles. The lowest BCUT2D eigenvalue weighted by atomic mass is 10.1. The molecule has 0 bridgehead atoms. The highest BCUT2D eigenvalue weighted by Gasteiger charge is 2.31. The molecule has 2 N–H and O–H groups in total. The van der Waals surface area contributed by atoms with Crippen LogP contribution in [0.4, 0.5) is 24.5 Å². The summed E-state index contributed by atoms with van der Waals surface area (Å²) in [6.07, 6.45) is -3.50. The second-order valence-electron chi connectivity index (χ2n) is 9.37. The number of benzene rings is 4. The number of sulfonamides is 1. The Hall–Kier alpha value is -5.30. The largest absolute Gasteiger partial charge is 0.495 e. The first-order valence-corrected chi connectivity index (χ1v) is 14.3. The highest BCUT2D eigenvalue weighted by molar-refractivity contribution is 7.92. The van der Waals surface area contributed by atoms with Crippen LogP contribution in [0.25, 0.3) is 16.5 Å². The van der Waals surface area contributed by atoms with Gasteiger partial charge in [-0.25, -0.2) is 13.0 Å². The summed E-state index contributed by atoms with van der Waals surface area (Å²) < 4.78 is 80.6. The fraction of sp³-hybridized carbons (Fsp3) is 0.0968. The average molecular weight is 624 g/mol. The second kappa shape index (κ2) is 11.8. The molecular formula is C31H24F3N3O6S. The van der Waals surface area contributed by atoms with E-state index < -0.39 is 33.2 Å². The van der Waals surface area contributed by atoms with E-state index in [2.05, 4.69) is 9.71 Å². The molecule has 5 aromatic rings. The van der Waals surface area contributed by atoms with E-state index >= 15 is 0 Å². The van der Waals surface area contributed by atoms with Gasteiger partial charge in [0, 0.05) is 17.0 Å². The molecule has 5 rings (SSSR count). The minimum atomic E-state index is -4.68. The van der Waals surface area contributed by atoms with Crippen molar-refractivity contribution in [1.29, 1.82) is 0 Å². The molecule has 0 saturated carbocycles. The molecule has 0 unspecified atom stereocenters. The lowest BCUT2D eigenvalue weighted by Crippen LogP contribution is -2.20. The minimum absolute atomic E-state index is 0.0000666. The second-order valence-corrected chi connectivity index (χ2v) is 11.1. The molecule has 226 valence electrons. The maximum atomic E-state index is 13.4. The Morgan fingerprint density at radius 3 is 2.25 bits per heavy atom. The third-order valence-electron chi connectivity index (χ3n) is 6.68. The van der Waals surface area contributed by atoms with Gasteiger partial charge in [0.05, 0.1) is 41.6 Å². The maximum Gasteiger partial charge on any atom is 0.416 e. The molecule has 44 heavy (non-hydrogen) atoms. The number of methoxy groups -OCH3 is 2. The summed E-state index contributed by atoms with van der Waals surface area (Å²) in [5, 5.41) is 11.6. The number of para-hydroxylation sites is 2. The number of nitrogens with one attached hydrogen (secondary N) is 1. The summed E-state index contributed by atoms with van der Waals surface area (Å²) in [5.74, 6) is -0.175. The Bertz CT molecular complexity index is 2080. The first-order chi connectivity index (χ1) is 20.9. The lowest BCUT2D eigenvalue weighted by molar-refractivity contribution is -0.137. The van der Waals surface area contributed by atoms with Crippen molar-refractivity contribution in [3.05, 3.63) is 112 Å². The van der Waals surface area contributed by atoms with Crippen LogP contribution in [-0.4, -0.2) is 38.5 Å². The SMILES string of the molecule is COc1ccc(S(=O)(=O)Nc2ccccc2OC)cc1N=Cc1c(O)n(-c2cccc(C(F)(F)F)c2)c(=O)c2ccccc12. The Kier molecular flexibility index (Phi) is 8.07. The number of aliphatic imine (C=N–C) groups is 1. The van der Waals surface area contributed by atoms with Crippen LogP contribution in [-0.2, 0) is 16.2 Å². The van der Waals surface area contributed by atoms with Crippen LogP contribution in [0, 0.1) is 0 Å². The molecule has 0 atom stereocenters. The molecule has 9 nitrogen and oxygen atoms in total. The van der Waals surface area contributed by atoms with Crippen LogP contribution in [0.3, 0.4) is 0 Å². The van der Waals surface area contributed by atoms with Gasteiger partial charge in [-0.1, -0.05) is 36.4 Å². The zero-order valence-corrected chi connectivity index (χ0v) is 24.0. The number of halogens is 3. The normalized spacial score (nSPS) is 12.0. The summed E-state index contributed by atoms with van der Waals surface area (Å²) in [6.45, 7) is 0. The number of pyridine rings is 1. The molecule has 0 fully saturated rings. The number of anilines is 1. The monoisotopic (exact) mass is 623 g/mol. The minimum Gasteiger partial charge on any atom is -0.495 e. The van der Waals surface area contributed by atoms with Crippen LogP contribution in [0.5, 0.6) is 17.4 Å². The van der Waals surface area contributed by atoms with Gasteiger partial charge in [-0.3, -0.25) is 14.5 Å². The Balaban J connectivity index is 1.63. The Morgan fingerprint density at radius 2 is 1.55 bits per heavy atom. The number of hydrogen-bond acceptors (Lipinski definition) is 7. The van der Waals surface area contributed by atoms with Crippen LogP contribution in [0.2, 0.25) is 0 Å². The first kappa shape index (κ1) is 30.2. The van der Waals surface area contributed by atoms with Gasteiger partial charge in [0.1, 0.15) is 17.2 Å². The number of aromatic nitrogens is 1. The molecule has 0 aliphatic rings. The Morgan fingerprint density at radius 1 is 0.864 bits per heavy atom. The predicted molar refractivity (Wildman–Crippen MR) is 160 cm³/mol. The van der Waals surface area contributed by atoms with E-state index in [0.29, 0.717) is 5.75 Å². The average Bonchev–Trinajstić information content (AvgIpc) is 3.01. The van der Waals surface area contributed by atoms with Gasteiger partial charge in [-0.15, -0.1) is 0 Å². The van der Waals surface area contributed by atoms with Gasteiger partial charge in [0.25, 0.3) is 15.6 Å². The predicted octanol–water partition coefficient (Wildman–Crippen LogP) is 6.28. The van der Waals surface area contributed by atoms with Crippen molar-refractivity contribution in [1.82, 2.24) is 4.57 Å². The highest BCUT2D eigenvalue weighted by Crippen LogP contribution is 2.35. The number of rotatable bonds is 8. The van der Waals surface area contributed by atoms with E-state index in [4.69, 9.17) is 9.47 Å². The molecule has 0 aliphatic heterocycles. The topological polar surface area (TPSA) is 119 Å².